The van der Waals surface area contributed by atoms with Gasteiger partial charge in [-0.1, -0.05) is 24.9 Å². The van der Waals surface area contributed by atoms with Crippen molar-refractivity contribution < 1.29 is 13.7 Å². The van der Waals surface area contributed by atoms with Crippen LogP contribution >= 0.6 is 11.6 Å². The van der Waals surface area contributed by atoms with E-state index in [1.54, 1.807) is 0 Å². The molecule has 0 aromatic heterocycles. The van der Waals surface area contributed by atoms with Crippen molar-refractivity contribution in [2.75, 3.05) is 25.5 Å². The number of benzene rings is 1. The highest BCUT2D eigenvalue weighted by Gasteiger charge is 2.26. The zero-order valence-corrected chi connectivity index (χ0v) is 18.2. The second-order valence-corrected chi connectivity index (χ2v) is 9.51. The summed E-state index contributed by atoms with van der Waals surface area (Å²) < 4.78 is 23.4. The average Bonchev–Trinajstić information content (AvgIpc) is 2.72. The summed E-state index contributed by atoms with van der Waals surface area (Å²) in [4.78, 5) is 4.72. The normalized spacial score (nSPS) is 23.2. The van der Waals surface area contributed by atoms with Gasteiger partial charge in [0.25, 0.3) is 0 Å². The Labute approximate surface area is 174 Å². The van der Waals surface area contributed by atoms with Crippen LogP contribution in [0.5, 0.6) is 11.5 Å². The van der Waals surface area contributed by atoms with E-state index >= 15 is 0 Å². The van der Waals surface area contributed by atoms with Crippen LogP contribution in [0.2, 0.25) is 5.02 Å². The zero-order chi connectivity index (χ0) is 19.9. The van der Waals surface area contributed by atoms with Gasteiger partial charge in [-0.3, -0.25) is 4.21 Å². The number of hydrogen-bond acceptors (Lipinski definition) is 4. The van der Waals surface area contributed by atoms with Crippen molar-refractivity contribution in [3.8, 4) is 11.5 Å². The first kappa shape index (κ1) is 21.2. The minimum Gasteiger partial charge on any atom is -0.486 e. The molecule has 0 spiro atoms. The number of rotatable bonds is 6. The molecule has 3 unspecified atom stereocenters. The minimum absolute atomic E-state index is 0.288. The Morgan fingerprint density at radius 3 is 2.89 bits per heavy atom. The number of ether oxygens (including phenoxy) is 2. The van der Waals surface area contributed by atoms with Crippen LogP contribution in [-0.4, -0.2) is 47.0 Å². The highest BCUT2D eigenvalue weighted by atomic mass is 35.5. The van der Waals surface area contributed by atoms with Gasteiger partial charge in [0.05, 0.1) is 11.6 Å². The first-order chi connectivity index (χ1) is 13.6. The molecule has 1 heterocycles. The Balaban J connectivity index is 1.66. The predicted octanol–water partition coefficient (Wildman–Crippen LogP) is 3.25. The summed E-state index contributed by atoms with van der Waals surface area (Å²) in [6.45, 7) is 6.37. The summed E-state index contributed by atoms with van der Waals surface area (Å²) in [5.41, 5.74) is 0.972. The molecular weight excluding hydrogens is 398 g/mol. The zero-order valence-electron chi connectivity index (χ0n) is 16.6. The van der Waals surface area contributed by atoms with Gasteiger partial charge in [-0.25, -0.2) is 4.99 Å². The van der Waals surface area contributed by atoms with E-state index in [-0.39, 0.29) is 5.25 Å². The number of halogens is 1. The number of guanidine groups is 1. The molecule has 1 saturated carbocycles. The summed E-state index contributed by atoms with van der Waals surface area (Å²) in [7, 11) is -0.731. The molecule has 1 aliphatic heterocycles. The lowest BCUT2D eigenvalue weighted by molar-refractivity contribution is 0.171. The Kier molecular flexibility index (Phi) is 7.85. The largest absolute Gasteiger partial charge is 0.486 e. The summed E-state index contributed by atoms with van der Waals surface area (Å²) in [5, 5.41) is 7.68. The second kappa shape index (κ2) is 10.3. The molecule has 2 aliphatic rings. The predicted molar refractivity (Wildman–Crippen MR) is 115 cm³/mol. The lowest BCUT2D eigenvalue weighted by atomic mass is 9.95. The van der Waals surface area contributed by atoms with Crippen LogP contribution in [0.3, 0.4) is 0 Å². The number of hydrogen-bond donors (Lipinski definition) is 2. The van der Waals surface area contributed by atoms with Gasteiger partial charge >= 0.3 is 0 Å². The Morgan fingerprint density at radius 2 is 2.11 bits per heavy atom. The van der Waals surface area contributed by atoms with E-state index < -0.39 is 10.8 Å². The van der Waals surface area contributed by atoms with Gasteiger partial charge in [-0.15, -0.1) is 0 Å². The van der Waals surface area contributed by atoms with Crippen LogP contribution in [0.1, 0.15) is 45.1 Å². The molecule has 28 heavy (non-hydrogen) atoms. The number of aliphatic imine (C=N–C) groups is 1. The average molecular weight is 428 g/mol. The fourth-order valence-corrected chi connectivity index (χ4v) is 5.33. The third-order valence-electron chi connectivity index (χ3n) is 5.04. The number of fused-ring (bicyclic) bond motifs is 1. The fraction of sp³-hybridized carbons (Fsp3) is 0.650. The van der Waals surface area contributed by atoms with Crippen LogP contribution in [-0.2, 0) is 17.3 Å². The molecular formula is C20H30ClN3O3S. The van der Waals surface area contributed by atoms with Crippen molar-refractivity contribution in [1.29, 1.82) is 0 Å². The van der Waals surface area contributed by atoms with Gasteiger partial charge < -0.3 is 20.1 Å². The van der Waals surface area contributed by atoms with E-state index in [0.29, 0.717) is 42.3 Å². The Hall–Kier alpha value is -1.47. The lowest BCUT2D eigenvalue weighted by Gasteiger charge is -2.30. The van der Waals surface area contributed by atoms with E-state index in [2.05, 4.69) is 10.6 Å². The summed E-state index contributed by atoms with van der Waals surface area (Å²) in [6.07, 6.45) is 4.17. The van der Waals surface area contributed by atoms with Gasteiger partial charge in [0.15, 0.2) is 17.5 Å². The van der Waals surface area contributed by atoms with Gasteiger partial charge in [-0.05, 0) is 43.9 Å². The van der Waals surface area contributed by atoms with Crippen LogP contribution < -0.4 is 20.1 Å². The van der Waals surface area contributed by atoms with E-state index in [1.807, 2.05) is 26.0 Å². The third kappa shape index (κ3) is 5.54. The van der Waals surface area contributed by atoms with Crippen LogP contribution in [0.15, 0.2) is 17.1 Å². The topological polar surface area (TPSA) is 72.0 Å². The Morgan fingerprint density at radius 1 is 1.29 bits per heavy atom. The summed E-state index contributed by atoms with van der Waals surface area (Å²) >= 11 is 6.33. The second-order valence-electron chi connectivity index (χ2n) is 7.10. The molecule has 0 radical (unpaired) electrons. The third-order valence-corrected chi connectivity index (χ3v) is 7.07. The van der Waals surface area contributed by atoms with Gasteiger partial charge in [0, 0.05) is 34.4 Å². The molecule has 6 nitrogen and oxygen atoms in total. The number of nitrogens with zero attached hydrogens (tertiary/aromatic N) is 1. The molecule has 3 atom stereocenters. The quantitative estimate of drug-likeness (QED) is 0.538. The maximum Gasteiger partial charge on any atom is 0.191 e. The smallest absolute Gasteiger partial charge is 0.191 e. The van der Waals surface area contributed by atoms with E-state index in [1.165, 1.54) is 0 Å². The van der Waals surface area contributed by atoms with Gasteiger partial charge in [-0.2, -0.15) is 0 Å². The van der Waals surface area contributed by atoms with Crippen molar-refractivity contribution in [2.24, 2.45) is 4.99 Å². The molecule has 1 fully saturated rings. The molecule has 0 amide bonds. The molecule has 156 valence electrons. The van der Waals surface area contributed by atoms with E-state index in [4.69, 9.17) is 26.1 Å². The monoisotopic (exact) mass is 427 g/mol. The molecule has 3 rings (SSSR count). The maximum absolute atomic E-state index is 12.2. The van der Waals surface area contributed by atoms with Crippen molar-refractivity contribution in [2.45, 2.75) is 57.4 Å². The minimum atomic E-state index is -0.731. The molecule has 1 aliphatic carbocycles. The highest BCUT2D eigenvalue weighted by molar-refractivity contribution is 7.85. The van der Waals surface area contributed by atoms with Crippen molar-refractivity contribution in [3.05, 3.63) is 22.7 Å². The number of nitrogens with one attached hydrogen (secondary N) is 2. The van der Waals surface area contributed by atoms with Crippen LogP contribution in [0, 0.1) is 0 Å². The first-order valence-electron chi connectivity index (χ1n) is 10.1. The van der Waals surface area contributed by atoms with Crippen molar-refractivity contribution in [1.82, 2.24) is 10.6 Å². The first-order valence-corrected chi connectivity index (χ1v) is 11.9. The van der Waals surface area contributed by atoms with Gasteiger partial charge in [0.2, 0.25) is 0 Å². The molecule has 0 saturated heterocycles. The summed E-state index contributed by atoms with van der Waals surface area (Å²) in [6, 6.07) is 4.12. The fourth-order valence-electron chi connectivity index (χ4n) is 3.69. The van der Waals surface area contributed by atoms with E-state index in [9.17, 15) is 4.21 Å². The highest BCUT2D eigenvalue weighted by Crippen LogP contribution is 2.38. The molecule has 1 aromatic carbocycles. The molecule has 8 heteroatoms. The molecule has 1 aromatic rings. The molecule has 0 bridgehead atoms. The van der Waals surface area contributed by atoms with E-state index in [0.717, 1.165) is 49.5 Å². The van der Waals surface area contributed by atoms with Crippen LogP contribution in [0.25, 0.3) is 0 Å². The van der Waals surface area contributed by atoms with Crippen molar-refractivity contribution >= 4 is 28.4 Å². The SMILES string of the molecule is CCNC(=NCc1cc(Cl)c2c(c1)OCCO2)NC1CCCC(S(=O)CC)C1. The Bertz CT molecular complexity index is 729. The summed E-state index contributed by atoms with van der Waals surface area (Å²) in [5.74, 6) is 2.81. The molecule has 2 N–H and O–H groups in total. The maximum atomic E-state index is 12.2. The lowest BCUT2D eigenvalue weighted by Crippen LogP contribution is -2.46. The standard InChI is InChI=1S/C20H30ClN3O3S/c1-3-22-20(24-15-6-5-7-16(12-15)28(25)4-2)23-13-14-10-17(21)19-18(11-14)26-8-9-27-19/h10-11,15-16H,3-9,12-13H2,1-2H3,(H2,22,23,24). The van der Waals surface area contributed by atoms with Crippen molar-refractivity contribution in [3.63, 3.8) is 0 Å². The van der Waals surface area contributed by atoms with Gasteiger partial charge in [0.1, 0.15) is 13.2 Å². The van der Waals surface area contributed by atoms with Crippen LogP contribution in [0.4, 0.5) is 0 Å².